The number of anilines is 3. The molecular formula is C64H42N2. The largest absolute Gasteiger partial charge is 0.310 e. The standard InChI is InChI=1S/C64H42N2/c1-2-20-49(21-3-1)66-63-31-13-12-30-59(63)62-40-44(34-37-64(62)66)43-32-35-50(36-33-43)65(51-22-14-18-45(38-51)60-41-47-16-4-6-24-53(47)55-26-8-10-28-57(55)60)52-23-15-19-46(39-52)61-42-48-17-5-7-25-54(48)56-27-9-11-29-58(56)61/h1-42H. The van der Waals surface area contributed by atoms with Crippen molar-refractivity contribution in [1.82, 2.24) is 4.57 Å². The Hall–Kier alpha value is -8.72. The van der Waals surface area contributed by atoms with E-state index in [2.05, 4.69) is 264 Å². The first kappa shape index (κ1) is 37.8. The Kier molecular flexibility index (Phi) is 8.89. The van der Waals surface area contributed by atoms with Crippen molar-refractivity contribution in [1.29, 1.82) is 0 Å². The van der Waals surface area contributed by atoms with Gasteiger partial charge in [0.2, 0.25) is 0 Å². The minimum atomic E-state index is 1.08. The van der Waals surface area contributed by atoms with Gasteiger partial charge in [-0.1, -0.05) is 176 Å². The lowest BCUT2D eigenvalue weighted by atomic mass is 9.92. The van der Waals surface area contributed by atoms with Crippen molar-refractivity contribution in [3.8, 4) is 39.1 Å². The zero-order valence-corrected chi connectivity index (χ0v) is 36.1. The molecule has 0 saturated heterocycles. The highest BCUT2D eigenvalue weighted by atomic mass is 15.1. The molecule has 0 saturated carbocycles. The number of hydrogen-bond donors (Lipinski definition) is 0. The van der Waals surface area contributed by atoms with Crippen LogP contribution in [0, 0.1) is 0 Å². The molecule has 2 heteroatoms. The van der Waals surface area contributed by atoms with Crippen LogP contribution >= 0.6 is 0 Å². The summed E-state index contributed by atoms with van der Waals surface area (Å²) in [5, 5.41) is 12.5. The summed E-state index contributed by atoms with van der Waals surface area (Å²) in [6.45, 7) is 0. The monoisotopic (exact) mass is 838 g/mol. The highest BCUT2D eigenvalue weighted by Gasteiger charge is 2.19. The summed E-state index contributed by atoms with van der Waals surface area (Å²) in [5.74, 6) is 0. The summed E-state index contributed by atoms with van der Waals surface area (Å²) < 4.78 is 2.37. The third-order valence-corrected chi connectivity index (χ3v) is 13.5. The number of benzene rings is 12. The molecule has 0 spiro atoms. The minimum Gasteiger partial charge on any atom is -0.310 e. The van der Waals surface area contributed by atoms with Crippen LogP contribution in [0.4, 0.5) is 17.1 Å². The van der Waals surface area contributed by atoms with Crippen molar-refractivity contribution in [2.24, 2.45) is 0 Å². The van der Waals surface area contributed by atoms with Gasteiger partial charge in [0.25, 0.3) is 0 Å². The summed E-state index contributed by atoms with van der Waals surface area (Å²) in [7, 11) is 0. The van der Waals surface area contributed by atoms with Crippen LogP contribution in [0.25, 0.3) is 104 Å². The predicted molar refractivity (Wildman–Crippen MR) is 282 cm³/mol. The Morgan fingerprint density at radius 1 is 0.242 bits per heavy atom. The molecular weight excluding hydrogens is 797 g/mol. The first-order valence-corrected chi connectivity index (χ1v) is 22.7. The fourth-order valence-corrected chi connectivity index (χ4v) is 10.5. The molecule has 0 radical (unpaired) electrons. The first-order chi connectivity index (χ1) is 32.7. The van der Waals surface area contributed by atoms with Crippen LogP contribution in [0.3, 0.4) is 0 Å². The van der Waals surface area contributed by atoms with E-state index in [1.807, 2.05) is 0 Å². The molecule has 0 atom stereocenters. The fourth-order valence-electron chi connectivity index (χ4n) is 10.5. The molecule has 12 aromatic carbocycles. The highest BCUT2D eigenvalue weighted by Crippen LogP contribution is 2.43. The van der Waals surface area contributed by atoms with E-state index in [0.717, 1.165) is 22.7 Å². The zero-order chi connectivity index (χ0) is 43.6. The highest BCUT2D eigenvalue weighted by molar-refractivity contribution is 6.15. The molecule has 0 aliphatic heterocycles. The molecule has 1 aromatic heterocycles. The van der Waals surface area contributed by atoms with E-state index in [4.69, 9.17) is 0 Å². The quantitative estimate of drug-likeness (QED) is 0.145. The smallest absolute Gasteiger partial charge is 0.0541 e. The minimum absolute atomic E-state index is 1.08. The Morgan fingerprint density at radius 3 is 1.30 bits per heavy atom. The van der Waals surface area contributed by atoms with E-state index in [9.17, 15) is 0 Å². The average Bonchev–Trinajstić information content (AvgIpc) is 3.72. The van der Waals surface area contributed by atoms with Crippen molar-refractivity contribution < 1.29 is 0 Å². The molecule has 1 heterocycles. The average molecular weight is 839 g/mol. The topological polar surface area (TPSA) is 8.17 Å². The number of rotatable bonds is 7. The second-order valence-electron chi connectivity index (χ2n) is 17.3. The van der Waals surface area contributed by atoms with Crippen molar-refractivity contribution in [2.45, 2.75) is 0 Å². The maximum atomic E-state index is 2.42. The van der Waals surface area contributed by atoms with Crippen molar-refractivity contribution in [3.05, 3.63) is 255 Å². The Bertz CT molecular complexity index is 3830. The van der Waals surface area contributed by atoms with Gasteiger partial charge in [0.05, 0.1) is 11.0 Å². The molecule has 13 rings (SSSR count). The summed E-state index contributed by atoms with van der Waals surface area (Å²) in [6, 6.07) is 93.3. The molecule has 0 aliphatic carbocycles. The van der Waals surface area contributed by atoms with Crippen molar-refractivity contribution in [3.63, 3.8) is 0 Å². The van der Waals surface area contributed by atoms with Crippen molar-refractivity contribution >= 4 is 82.0 Å². The second-order valence-corrected chi connectivity index (χ2v) is 17.3. The third-order valence-electron chi connectivity index (χ3n) is 13.5. The molecule has 0 amide bonds. The molecule has 13 aromatic rings. The van der Waals surface area contributed by atoms with Gasteiger partial charge in [-0.05, 0) is 155 Å². The van der Waals surface area contributed by atoms with E-state index in [-0.39, 0.29) is 0 Å². The third kappa shape index (κ3) is 6.26. The molecule has 308 valence electrons. The van der Waals surface area contributed by atoms with Crippen LogP contribution in [0.2, 0.25) is 0 Å². The lowest BCUT2D eigenvalue weighted by Gasteiger charge is -2.27. The van der Waals surface area contributed by atoms with Gasteiger partial charge in [-0.15, -0.1) is 0 Å². The lowest BCUT2D eigenvalue weighted by molar-refractivity contribution is 1.18. The normalized spacial score (nSPS) is 11.6. The van der Waals surface area contributed by atoms with Crippen LogP contribution in [0.1, 0.15) is 0 Å². The number of hydrogen-bond acceptors (Lipinski definition) is 1. The predicted octanol–water partition coefficient (Wildman–Crippen LogP) is 17.9. The van der Waals surface area contributed by atoms with E-state index in [1.165, 1.54) is 98.3 Å². The molecule has 2 nitrogen and oxygen atoms in total. The van der Waals surface area contributed by atoms with Crippen LogP contribution < -0.4 is 4.90 Å². The summed E-state index contributed by atoms with van der Waals surface area (Å²) in [6.07, 6.45) is 0. The van der Waals surface area contributed by atoms with E-state index in [0.29, 0.717) is 0 Å². The Balaban J connectivity index is 0.966. The number of nitrogens with zero attached hydrogens (tertiary/aromatic N) is 2. The fraction of sp³-hybridized carbons (Fsp3) is 0. The lowest BCUT2D eigenvalue weighted by Crippen LogP contribution is -2.10. The summed E-state index contributed by atoms with van der Waals surface area (Å²) >= 11 is 0. The van der Waals surface area contributed by atoms with Crippen LogP contribution in [-0.2, 0) is 0 Å². The maximum Gasteiger partial charge on any atom is 0.0541 e. The van der Waals surface area contributed by atoms with Gasteiger partial charge < -0.3 is 9.47 Å². The van der Waals surface area contributed by atoms with Gasteiger partial charge in [-0.2, -0.15) is 0 Å². The van der Waals surface area contributed by atoms with Gasteiger partial charge in [0.1, 0.15) is 0 Å². The molecule has 0 bridgehead atoms. The second kappa shape index (κ2) is 15.5. The summed E-state index contributed by atoms with van der Waals surface area (Å²) in [4.78, 5) is 2.42. The van der Waals surface area contributed by atoms with Gasteiger partial charge in [0.15, 0.2) is 0 Å². The van der Waals surface area contributed by atoms with Gasteiger partial charge in [-0.25, -0.2) is 0 Å². The van der Waals surface area contributed by atoms with E-state index in [1.54, 1.807) is 0 Å². The Labute approximate surface area is 383 Å². The number of para-hydroxylation sites is 2. The maximum absolute atomic E-state index is 2.42. The first-order valence-electron chi connectivity index (χ1n) is 22.7. The van der Waals surface area contributed by atoms with Crippen LogP contribution in [0.15, 0.2) is 255 Å². The van der Waals surface area contributed by atoms with E-state index >= 15 is 0 Å². The molecule has 0 fully saturated rings. The molecule has 0 N–H and O–H groups in total. The van der Waals surface area contributed by atoms with Gasteiger partial charge in [-0.3, -0.25) is 0 Å². The molecule has 0 unspecified atom stereocenters. The zero-order valence-electron chi connectivity index (χ0n) is 36.1. The van der Waals surface area contributed by atoms with Crippen LogP contribution in [-0.4, -0.2) is 4.57 Å². The van der Waals surface area contributed by atoms with Crippen molar-refractivity contribution in [2.75, 3.05) is 4.90 Å². The molecule has 0 aliphatic rings. The Morgan fingerprint density at radius 2 is 0.712 bits per heavy atom. The molecule has 66 heavy (non-hydrogen) atoms. The SMILES string of the molecule is c1ccc(-n2c3ccccc3c3cc(-c4ccc(N(c5cccc(-c6cc7ccccc7c7ccccc67)c5)c5cccc(-c6cc7ccccc7c7ccccc67)c5)cc4)ccc32)cc1. The summed E-state index contributed by atoms with van der Waals surface area (Å²) in [5.41, 5.74) is 14.0. The van der Waals surface area contributed by atoms with E-state index < -0.39 is 0 Å². The van der Waals surface area contributed by atoms with Gasteiger partial charge >= 0.3 is 0 Å². The number of fused-ring (bicyclic) bond motifs is 9. The number of aromatic nitrogens is 1. The van der Waals surface area contributed by atoms with Gasteiger partial charge in [0, 0.05) is 33.5 Å². The van der Waals surface area contributed by atoms with Crippen LogP contribution in [0.5, 0.6) is 0 Å².